The quantitative estimate of drug-likeness (QED) is 0.169. The van der Waals surface area contributed by atoms with Gasteiger partial charge in [0.1, 0.15) is 0 Å². The lowest BCUT2D eigenvalue weighted by Gasteiger charge is -2.26. The summed E-state index contributed by atoms with van der Waals surface area (Å²) in [4.78, 5) is 56.6. The summed E-state index contributed by atoms with van der Waals surface area (Å²) in [6.45, 7) is 25.2. The fourth-order valence-electron chi connectivity index (χ4n) is 7.55. The number of hydrogen-bond acceptors (Lipinski definition) is 4. The second-order valence-electron chi connectivity index (χ2n) is 18.7. The van der Waals surface area contributed by atoms with Gasteiger partial charge in [0.15, 0.2) is 0 Å². The summed E-state index contributed by atoms with van der Waals surface area (Å²) >= 11 is 0. The molecule has 0 saturated heterocycles. The fourth-order valence-corrected chi connectivity index (χ4v) is 7.55. The summed E-state index contributed by atoms with van der Waals surface area (Å²) in [6, 6.07) is 23.2. The van der Waals surface area contributed by atoms with Gasteiger partial charge in [0.05, 0.1) is 32.9 Å². The lowest BCUT2D eigenvalue weighted by atomic mass is 9.81. The van der Waals surface area contributed by atoms with Crippen LogP contribution in [-0.4, -0.2) is 9.13 Å². The van der Waals surface area contributed by atoms with Crippen molar-refractivity contribution in [3.8, 4) is 11.4 Å². The van der Waals surface area contributed by atoms with E-state index in [4.69, 9.17) is 0 Å². The van der Waals surface area contributed by atoms with Gasteiger partial charge in [-0.1, -0.05) is 107 Å². The van der Waals surface area contributed by atoms with Crippen LogP contribution >= 0.6 is 0 Å². The van der Waals surface area contributed by atoms with Gasteiger partial charge in [0, 0.05) is 0 Å². The molecule has 0 N–H and O–H groups in total. The van der Waals surface area contributed by atoms with Gasteiger partial charge in [0.2, 0.25) is 0 Å². The molecule has 52 heavy (non-hydrogen) atoms. The number of hydrogen-bond donors (Lipinski definition) is 0. The second kappa shape index (κ2) is 11.2. The molecule has 266 valence electrons. The van der Waals surface area contributed by atoms with Crippen molar-refractivity contribution in [1.29, 1.82) is 0 Å². The summed E-state index contributed by atoms with van der Waals surface area (Å²) in [6.07, 6.45) is 0. The molecule has 2 heterocycles. The maximum Gasteiger partial charge on any atom is 0.266 e. The minimum Gasteiger partial charge on any atom is -0.268 e. The molecule has 5 aromatic carbocycles. The molecule has 0 aliphatic carbocycles. The van der Waals surface area contributed by atoms with E-state index in [2.05, 4.69) is 95.2 Å². The lowest BCUT2D eigenvalue weighted by Crippen LogP contribution is -2.28. The molecule has 0 aliphatic rings. The van der Waals surface area contributed by atoms with Crippen LogP contribution in [0.15, 0.2) is 92.0 Å². The maximum absolute atomic E-state index is 14.2. The topological polar surface area (TPSA) is 78.1 Å². The highest BCUT2D eigenvalue weighted by molar-refractivity contribution is 6.08. The number of nitrogens with zero attached hydrogens (tertiary/aromatic N) is 2. The molecule has 0 radical (unpaired) electrons. The van der Waals surface area contributed by atoms with Gasteiger partial charge in [-0.05, 0) is 114 Å². The van der Waals surface area contributed by atoms with Gasteiger partial charge in [0.25, 0.3) is 22.2 Å². The van der Waals surface area contributed by atoms with Gasteiger partial charge in [-0.25, -0.2) is 9.13 Å². The van der Waals surface area contributed by atoms with Crippen LogP contribution in [0.5, 0.6) is 0 Å². The third kappa shape index (κ3) is 5.55. The van der Waals surface area contributed by atoms with Crippen LogP contribution in [0.3, 0.4) is 0 Å². The van der Waals surface area contributed by atoms with E-state index in [0.717, 1.165) is 43.8 Å². The second-order valence-corrected chi connectivity index (χ2v) is 18.7. The molecule has 6 heteroatoms. The van der Waals surface area contributed by atoms with Crippen LogP contribution in [0.4, 0.5) is 0 Å². The Balaban J connectivity index is 1.46. The van der Waals surface area contributed by atoms with E-state index in [0.29, 0.717) is 32.9 Å². The Hall–Kier alpha value is -5.10. The molecule has 0 spiro atoms. The third-order valence-electron chi connectivity index (χ3n) is 10.6. The van der Waals surface area contributed by atoms with E-state index in [9.17, 15) is 19.2 Å². The lowest BCUT2D eigenvalue weighted by molar-refractivity contribution is 0.572. The predicted molar refractivity (Wildman–Crippen MR) is 217 cm³/mol. The van der Waals surface area contributed by atoms with Crippen molar-refractivity contribution in [2.24, 2.45) is 0 Å². The molecule has 0 fully saturated rings. The highest BCUT2D eigenvalue weighted by Crippen LogP contribution is 2.35. The standard InChI is InChI=1S/C46H48N2O4/c1-43(2,3)29-13-15-35(45(7,8)9)37(23-29)47-39(49)31-19-25-17-27-21-33-34(22-28(27)18-26(25)20-32(31)40(47)50)42(52)48(41(33)51)38-24-30(44(4,5)6)14-16-36(38)46(10,11)12/h13-24H,1-12H3. The minimum atomic E-state index is -0.351. The normalized spacial score (nSPS) is 13.3. The largest absolute Gasteiger partial charge is 0.268 e. The van der Waals surface area contributed by atoms with Crippen molar-refractivity contribution >= 4 is 43.1 Å². The maximum atomic E-state index is 14.2. The average molecular weight is 693 g/mol. The summed E-state index contributed by atoms with van der Waals surface area (Å²) in [5.41, 5.74) is 2.77. The molecule has 6 nitrogen and oxygen atoms in total. The van der Waals surface area contributed by atoms with Crippen molar-refractivity contribution < 1.29 is 0 Å². The van der Waals surface area contributed by atoms with Crippen LogP contribution in [-0.2, 0) is 21.7 Å². The minimum absolute atomic E-state index is 0.177. The number of rotatable bonds is 2. The molecule has 0 bridgehead atoms. The molecule has 0 atom stereocenters. The van der Waals surface area contributed by atoms with Gasteiger partial charge >= 0.3 is 0 Å². The van der Waals surface area contributed by atoms with Crippen molar-refractivity contribution in [2.75, 3.05) is 0 Å². The molecule has 7 rings (SSSR count). The van der Waals surface area contributed by atoms with Crippen LogP contribution in [0.2, 0.25) is 0 Å². The van der Waals surface area contributed by atoms with Crippen LogP contribution in [0.25, 0.3) is 54.5 Å². The van der Waals surface area contributed by atoms with Crippen LogP contribution in [0, 0.1) is 0 Å². The zero-order valence-corrected chi connectivity index (χ0v) is 32.5. The fraction of sp³-hybridized carbons (Fsp3) is 0.348. The Kier molecular flexibility index (Phi) is 7.60. The van der Waals surface area contributed by atoms with Crippen molar-refractivity contribution in [2.45, 2.75) is 105 Å². The molecular weight excluding hydrogens is 645 g/mol. The first-order chi connectivity index (χ1) is 24.0. The Morgan fingerprint density at radius 2 is 0.615 bits per heavy atom. The average Bonchev–Trinajstić information content (AvgIpc) is 3.42. The molecule has 0 aliphatic heterocycles. The monoisotopic (exact) mass is 692 g/mol. The zero-order chi connectivity index (χ0) is 38.0. The van der Waals surface area contributed by atoms with E-state index >= 15 is 0 Å². The Morgan fingerprint density at radius 1 is 0.346 bits per heavy atom. The Bertz CT molecular complexity index is 2540. The van der Waals surface area contributed by atoms with Crippen molar-refractivity contribution in [3.63, 3.8) is 0 Å². The first-order valence-corrected chi connectivity index (χ1v) is 18.1. The van der Waals surface area contributed by atoms with Gasteiger partial charge in [-0.2, -0.15) is 0 Å². The van der Waals surface area contributed by atoms with Crippen LogP contribution < -0.4 is 22.2 Å². The molecule has 0 amide bonds. The number of aromatic nitrogens is 2. The van der Waals surface area contributed by atoms with E-state index in [-0.39, 0.29) is 43.9 Å². The first-order valence-electron chi connectivity index (χ1n) is 18.1. The SMILES string of the molecule is CC(C)(C)c1ccc(C(C)(C)C)c(-n2c(=O)c3cc4cc5cc6c(=O)n(-c7cc(C(C)(C)C)ccc7C(C)(C)C)c(=O)c6cc5cc4cc3c2=O)c1. The van der Waals surface area contributed by atoms with E-state index in [1.165, 1.54) is 9.13 Å². The molecular formula is C46H48N2O4. The van der Waals surface area contributed by atoms with E-state index < -0.39 is 0 Å². The number of fused-ring (bicyclic) bond motifs is 4. The smallest absolute Gasteiger partial charge is 0.266 e. The summed E-state index contributed by atoms with van der Waals surface area (Å²) in [7, 11) is 0. The molecule has 0 unspecified atom stereocenters. The predicted octanol–water partition coefficient (Wildman–Crippen LogP) is 9.39. The highest BCUT2D eigenvalue weighted by Gasteiger charge is 2.28. The Morgan fingerprint density at radius 3 is 0.846 bits per heavy atom. The van der Waals surface area contributed by atoms with Crippen molar-refractivity contribution in [1.82, 2.24) is 9.13 Å². The molecule has 0 saturated carbocycles. The summed E-state index contributed by atoms with van der Waals surface area (Å²) in [5.74, 6) is 0. The van der Waals surface area contributed by atoms with Crippen molar-refractivity contribution in [3.05, 3.63) is 136 Å². The summed E-state index contributed by atoms with van der Waals surface area (Å²) < 4.78 is 2.67. The summed E-state index contributed by atoms with van der Waals surface area (Å²) in [5, 5.41) is 4.50. The Labute approximate surface area is 304 Å². The zero-order valence-electron chi connectivity index (χ0n) is 32.5. The highest BCUT2D eigenvalue weighted by atomic mass is 16.2. The molecule has 2 aromatic heterocycles. The van der Waals surface area contributed by atoms with Crippen LogP contribution in [0.1, 0.15) is 105 Å². The van der Waals surface area contributed by atoms with E-state index in [1.807, 2.05) is 36.4 Å². The first kappa shape index (κ1) is 35.3. The molecule has 7 aromatic rings. The number of benzene rings is 5. The van der Waals surface area contributed by atoms with E-state index in [1.54, 1.807) is 24.3 Å². The van der Waals surface area contributed by atoms with Gasteiger partial charge in [-0.15, -0.1) is 0 Å². The van der Waals surface area contributed by atoms with Gasteiger partial charge < -0.3 is 0 Å². The third-order valence-corrected chi connectivity index (χ3v) is 10.6. The van der Waals surface area contributed by atoms with Gasteiger partial charge in [-0.3, -0.25) is 19.2 Å².